The van der Waals surface area contributed by atoms with Crippen LogP contribution in [0.25, 0.3) is 0 Å². The first kappa shape index (κ1) is 11.8. The van der Waals surface area contributed by atoms with Gasteiger partial charge in [0.25, 0.3) is 0 Å². The van der Waals surface area contributed by atoms with Crippen LogP contribution in [-0.2, 0) is 9.47 Å². The molecule has 15 heavy (non-hydrogen) atoms. The highest BCUT2D eigenvalue weighted by Crippen LogP contribution is 2.07. The van der Waals surface area contributed by atoms with Crippen LogP contribution >= 0.6 is 0 Å². The van der Waals surface area contributed by atoms with Crippen LogP contribution < -0.4 is 4.74 Å². The van der Waals surface area contributed by atoms with Gasteiger partial charge in [-0.2, -0.15) is 0 Å². The van der Waals surface area contributed by atoms with Gasteiger partial charge in [-0.3, -0.25) is 0 Å². The predicted molar refractivity (Wildman–Crippen MR) is 58.9 cm³/mol. The van der Waals surface area contributed by atoms with Crippen LogP contribution in [0.5, 0.6) is 5.75 Å². The zero-order valence-electron chi connectivity index (χ0n) is 9.05. The number of methoxy groups -OCH3 is 2. The molecule has 0 aliphatic carbocycles. The van der Waals surface area contributed by atoms with E-state index in [0.717, 1.165) is 5.75 Å². The predicted octanol–water partition coefficient (Wildman–Crippen LogP) is 2.24. The van der Waals surface area contributed by atoms with Crippen molar-refractivity contribution in [1.82, 2.24) is 0 Å². The van der Waals surface area contributed by atoms with Gasteiger partial charge in [-0.25, -0.2) is 0 Å². The van der Waals surface area contributed by atoms with Crippen molar-refractivity contribution in [3.8, 4) is 5.75 Å². The minimum atomic E-state index is -0.302. The summed E-state index contributed by atoms with van der Waals surface area (Å²) < 4.78 is 15.4. The van der Waals surface area contributed by atoms with E-state index in [-0.39, 0.29) is 6.29 Å². The number of hydrogen-bond acceptors (Lipinski definition) is 3. The van der Waals surface area contributed by atoms with E-state index in [2.05, 4.69) is 0 Å². The summed E-state index contributed by atoms with van der Waals surface area (Å²) in [5, 5.41) is 0. The smallest absolute Gasteiger partial charge is 0.176 e. The van der Waals surface area contributed by atoms with Gasteiger partial charge in [-0.1, -0.05) is 18.2 Å². The van der Waals surface area contributed by atoms with Gasteiger partial charge in [0, 0.05) is 14.2 Å². The minimum Gasteiger partial charge on any atom is -0.490 e. The molecule has 1 aromatic carbocycles. The van der Waals surface area contributed by atoms with E-state index >= 15 is 0 Å². The Labute approximate surface area is 90.3 Å². The summed E-state index contributed by atoms with van der Waals surface area (Å²) in [5.74, 6) is 0.855. The van der Waals surface area contributed by atoms with Crippen LogP contribution in [-0.4, -0.2) is 27.1 Å². The van der Waals surface area contributed by atoms with Crippen LogP contribution in [0.15, 0.2) is 42.5 Å². The fourth-order valence-electron chi connectivity index (χ4n) is 1.08. The normalized spacial score (nSPS) is 11.1. The Bertz CT molecular complexity index is 278. The highest BCUT2D eigenvalue weighted by atomic mass is 16.7. The second kappa shape index (κ2) is 7.04. The average Bonchev–Trinajstić information content (AvgIpc) is 2.31. The first-order valence-electron chi connectivity index (χ1n) is 4.77. The second-order valence-corrected chi connectivity index (χ2v) is 2.89. The zero-order chi connectivity index (χ0) is 10.9. The van der Waals surface area contributed by atoms with Gasteiger partial charge in [-0.15, -0.1) is 0 Å². The summed E-state index contributed by atoms with van der Waals surface area (Å²) in [4.78, 5) is 0. The minimum absolute atomic E-state index is 0.302. The molecule has 3 nitrogen and oxygen atoms in total. The van der Waals surface area contributed by atoms with Crippen molar-refractivity contribution in [2.45, 2.75) is 6.29 Å². The Morgan fingerprint density at radius 2 is 1.80 bits per heavy atom. The van der Waals surface area contributed by atoms with Crippen molar-refractivity contribution in [3.05, 3.63) is 42.5 Å². The molecule has 0 aliphatic heterocycles. The number of benzene rings is 1. The molecule has 0 N–H and O–H groups in total. The molecule has 0 unspecified atom stereocenters. The van der Waals surface area contributed by atoms with E-state index in [1.165, 1.54) is 0 Å². The first-order valence-corrected chi connectivity index (χ1v) is 4.77. The number of hydrogen-bond donors (Lipinski definition) is 0. The molecule has 1 aromatic rings. The Balaban J connectivity index is 2.27. The maximum Gasteiger partial charge on any atom is 0.176 e. The topological polar surface area (TPSA) is 27.7 Å². The Hall–Kier alpha value is -1.32. The third-order valence-electron chi connectivity index (χ3n) is 1.85. The van der Waals surface area contributed by atoms with Gasteiger partial charge in [0.2, 0.25) is 0 Å². The SMILES string of the molecule is COC(/C=C/COc1ccccc1)OC. The lowest BCUT2D eigenvalue weighted by Gasteiger charge is -2.07. The summed E-state index contributed by atoms with van der Waals surface area (Å²) >= 11 is 0. The lowest BCUT2D eigenvalue weighted by molar-refractivity contribution is -0.0668. The van der Waals surface area contributed by atoms with E-state index in [9.17, 15) is 0 Å². The number of para-hydroxylation sites is 1. The molecule has 0 heterocycles. The van der Waals surface area contributed by atoms with E-state index in [1.807, 2.05) is 42.5 Å². The molecular weight excluding hydrogens is 192 g/mol. The molecule has 0 amide bonds. The molecular formula is C12H16O3. The molecule has 0 aliphatic rings. The fourth-order valence-corrected chi connectivity index (χ4v) is 1.08. The van der Waals surface area contributed by atoms with Crippen molar-refractivity contribution >= 4 is 0 Å². The maximum atomic E-state index is 5.45. The lowest BCUT2D eigenvalue weighted by atomic mass is 10.3. The van der Waals surface area contributed by atoms with Gasteiger partial charge in [0.1, 0.15) is 12.4 Å². The molecule has 0 aromatic heterocycles. The monoisotopic (exact) mass is 208 g/mol. The highest BCUT2D eigenvalue weighted by Gasteiger charge is 1.96. The standard InChI is InChI=1S/C12H16O3/c1-13-12(14-2)9-6-10-15-11-7-4-3-5-8-11/h3-9,12H,10H2,1-2H3/b9-6+. The summed E-state index contributed by atoms with van der Waals surface area (Å²) in [7, 11) is 3.19. The zero-order valence-corrected chi connectivity index (χ0v) is 9.05. The van der Waals surface area contributed by atoms with Gasteiger partial charge in [0.05, 0.1) is 0 Å². The molecule has 3 heteroatoms. The van der Waals surface area contributed by atoms with Crippen molar-refractivity contribution in [1.29, 1.82) is 0 Å². The van der Waals surface area contributed by atoms with Crippen LogP contribution in [0.2, 0.25) is 0 Å². The molecule has 0 radical (unpaired) electrons. The van der Waals surface area contributed by atoms with Crippen molar-refractivity contribution < 1.29 is 14.2 Å². The van der Waals surface area contributed by atoms with E-state index in [0.29, 0.717) is 6.61 Å². The van der Waals surface area contributed by atoms with Crippen LogP contribution in [0.4, 0.5) is 0 Å². The van der Waals surface area contributed by atoms with Crippen LogP contribution in [0.3, 0.4) is 0 Å². The Morgan fingerprint density at radius 1 is 1.13 bits per heavy atom. The molecule has 0 fully saturated rings. The third-order valence-corrected chi connectivity index (χ3v) is 1.85. The van der Waals surface area contributed by atoms with Gasteiger partial charge in [-0.05, 0) is 24.3 Å². The number of ether oxygens (including phenoxy) is 3. The average molecular weight is 208 g/mol. The molecule has 0 spiro atoms. The summed E-state index contributed by atoms with van der Waals surface area (Å²) in [5.41, 5.74) is 0. The molecule has 0 saturated carbocycles. The van der Waals surface area contributed by atoms with Crippen LogP contribution in [0.1, 0.15) is 0 Å². The van der Waals surface area contributed by atoms with Gasteiger partial charge in [0.15, 0.2) is 6.29 Å². The molecule has 0 atom stereocenters. The van der Waals surface area contributed by atoms with Crippen LogP contribution in [0, 0.1) is 0 Å². The fraction of sp³-hybridized carbons (Fsp3) is 0.333. The number of rotatable bonds is 6. The molecule has 82 valence electrons. The summed E-state index contributed by atoms with van der Waals surface area (Å²) in [6.07, 6.45) is 3.37. The van der Waals surface area contributed by atoms with E-state index in [4.69, 9.17) is 14.2 Å². The third kappa shape index (κ3) is 4.63. The van der Waals surface area contributed by atoms with Gasteiger partial charge >= 0.3 is 0 Å². The van der Waals surface area contributed by atoms with E-state index < -0.39 is 0 Å². The second-order valence-electron chi connectivity index (χ2n) is 2.89. The maximum absolute atomic E-state index is 5.45. The first-order chi connectivity index (χ1) is 7.36. The summed E-state index contributed by atoms with van der Waals surface area (Å²) in [6, 6.07) is 9.66. The molecule has 0 bridgehead atoms. The highest BCUT2D eigenvalue weighted by molar-refractivity contribution is 5.21. The lowest BCUT2D eigenvalue weighted by Crippen LogP contribution is -2.09. The van der Waals surface area contributed by atoms with Gasteiger partial charge < -0.3 is 14.2 Å². The van der Waals surface area contributed by atoms with Crippen molar-refractivity contribution in [2.24, 2.45) is 0 Å². The Morgan fingerprint density at radius 3 is 2.40 bits per heavy atom. The van der Waals surface area contributed by atoms with E-state index in [1.54, 1.807) is 14.2 Å². The van der Waals surface area contributed by atoms with Crippen molar-refractivity contribution in [3.63, 3.8) is 0 Å². The molecule has 1 rings (SSSR count). The summed E-state index contributed by atoms with van der Waals surface area (Å²) in [6.45, 7) is 0.507. The largest absolute Gasteiger partial charge is 0.490 e. The van der Waals surface area contributed by atoms with Crippen molar-refractivity contribution in [2.75, 3.05) is 20.8 Å². The quantitative estimate of drug-likeness (QED) is 0.530. The Kier molecular flexibility index (Phi) is 5.51. The molecule has 0 saturated heterocycles.